The summed E-state index contributed by atoms with van der Waals surface area (Å²) >= 11 is 0. The van der Waals surface area contributed by atoms with E-state index in [1.165, 1.54) is 0 Å². The van der Waals surface area contributed by atoms with Crippen molar-refractivity contribution in [2.75, 3.05) is 30.0 Å². The number of carbonyl (C=O) groups excluding carboxylic acids is 3. The van der Waals surface area contributed by atoms with Crippen LogP contribution in [-0.2, 0) is 14.3 Å². The molecule has 28 heavy (non-hydrogen) atoms. The van der Waals surface area contributed by atoms with Crippen molar-refractivity contribution in [3.05, 3.63) is 54.1 Å². The number of rotatable bonds is 7. The van der Waals surface area contributed by atoms with E-state index in [0.717, 1.165) is 6.42 Å². The van der Waals surface area contributed by atoms with E-state index in [1.807, 2.05) is 19.1 Å². The monoisotopic (exact) mass is 382 g/mol. The Morgan fingerprint density at radius 1 is 1.18 bits per heavy atom. The Balaban J connectivity index is 1.59. The number of hydrogen-bond donors (Lipinski definition) is 1. The van der Waals surface area contributed by atoms with Gasteiger partial charge in [0.05, 0.1) is 17.9 Å². The van der Waals surface area contributed by atoms with Crippen LogP contribution in [-0.4, -0.2) is 37.5 Å². The highest BCUT2D eigenvalue weighted by Gasteiger charge is 2.25. The third-order valence-electron chi connectivity index (χ3n) is 4.19. The predicted octanol–water partition coefficient (Wildman–Crippen LogP) is 3.01. The van der Waals surface area contributed by atoms with Crippen LogP contribution in [0.3, 0.4) is 0 Å². The molecule has 0 saturated carbocycles. The molecule has 146 valence electrons. The summed E-state index contributed by atoms with van der Waals surface area (Å²) in [6.45, 7) is 2.47. The van der Waals surface area contributed by atoms with E-state index in [1.54, 1.807) is 41.3 Å². The molecule has 0 spiro atoms. The summed E-state index contributed by atoms with van der Waals surface area (Å²) in [6, 6.07) is 13.8. The van der Waals surface area contributed by atoms with Gasteiger partial charge in [-0.1, -0.05) is 25.1 Å². The third kappa shape index (κ3) is 4.68. The lowest BCUT2D eigenvalue weighted by Gasteiger charge is -2.29. The second kappa shape index (κ2) is 9.03. The number of fused-ring (bicyclic) bond motifs is 1. The Labute approximate surface area is 163 Å². The second-order valence-electron chi connectivity index (χ2n) is 6.32. The highest BCUT2D eigenvalue weighted by Crippen LogP contribution is 2.31. The molecule has 0 saturated heterocycles. The maximum atomic E-state index is 12.3. The molecule has 0 atom stereocenters. The molecule has 0 aromatic heterocycles. The van der Waals surface area contributed by atoms with E-state index >= 15 is 0 Å². The van der Waals surface area contributed by atoms with Crippen molar-refractivity contribution in [1.29, 1.82) is 0 Å². The van der Waals surface area contributed by atoms with Gasteiger partial charge in [-0.25, -0.2) is 4.79 Å². The van der Waals surface area contributed by atoms with Crippen molar-refractivity contribution in [3.8, 4) is 5.75 Å². The van der Waals surface area contributed by atoms with Crippen LogP contribution in [0.4, 0.5) is 11.4 Å². The fraction of sp³-hybridized carbons (Fsp3) is 0.286. The summed E-state index contributed by atoms with van der Waals surface area (Å²) in [6.07, 6.45) is 0.857. The summed E-state index contributed by atoms with van der Waals surface area (Å²) in [5, 5.41) is 2.76. The first-order valence-corrected chi connectivity index (χ1v) is 9.17. The lowest BCUT2D eigenvalue weighted by atomic mass is 10.2. The smallest absolute Gasteiger partial charge is 0.338 e. The average molecular weight is 382 g/mol. The fourth-order valence-electron chi connectivity index (χ4n) is 2.84. The van der Waals surface area contributed by atoms with Crippen LogP contribution >= 0.6 is 0 Å². The number of para-hydroxylation sites is 2. The first-order chi connectivity index (χ1) is 13.6. The Bertz CT molecular complexity index is 881. The van der Waals surface area contributed by atoms with Crippen LogP contribution in [0.5, 0.6) is 5.75 Å². The zero-order valence-corrected chi connectivity index (χ0v) is 15.6. The van der Waals surface area contributed by atoms with Crippen LogP contribution in [0.25, 0.3) is 0 Å². The number of benzene rings is 2. The van der Waals surface area contributed by atoms with E-state index in [9.17, 15) is 14.4 Å². The molecular weight excluding hydrogens is 360 g/mol. The summed E-state index contributed by atoms with van der Waals surface area (Å²) in [7, 11) is 0. The van der Waals surface area contributed by atoms with Crippen molar-refractivity contribution in [2.24, 2.45) is 0 Å². The number of ether oxygens (including phenoxy) is 2. The van der Waals surface area contributed by atoms with Crippen molar-refractivity contribution in [1.82, 2.24) is 0 Å². The number of nitrogens with one attached hydrogen (secondary N) is 1. The lowest BCUT2D eigenvalue weighted by molar-refractivity contribution is -0.121. The molecule has 1 aliphatic heterocycles. The maximum Gasteiger partial charge on any atom is 0.338 e. The first-order valence-electron chi connectivity index (χ1n) is 9.17. The first kappa shape index (κ1) is 19.4. The van der Waals surface area contributed by atoms with Crippen LogP contribution in [0, 0.1) is 0 Å². The van der Waals surface area contributed by atoms with Gasteiger partial charge in [-0.3, -0.25) is 9.59 Å². The minimum atomic E-state index is -0.423. The molecule has 0 aliphatic carbocycles. The van der Waals surface area contributed by atoms with Gasteiger partial charge < -0.3 is 19.7 Å². The van der Waals surface area contributed by atoms with Gasteiger partial charge in [-0.05, 0) is 36.8 Å². The summed E-state index contributed by atoms with van der Waals surface area (Å²) in [4.78, 5) is 38.0. The van der Waals surface area contributed by atoms with Gasteiger partial charge in [0.15, 0.2) is 6.61 Å². The third-order valence-corrected chi connectivity index (χ3v) is 4.19. The molecule has 1 aliphatic rings. The molecule has 7 nitrogen and oxygen atoms in total. The number of hydrogen-bond acceptors (Lipinski definition) is 5. The highest BCUT2D eigenvalue weighted by atomic mass is 16.5. The van der Waals surface area contributed by atoms with Crippen LogP contribution in [0.2, 0.25) is 0 Å². The second-order valence-corrected chi connectivity index (χ2v) is 6.32. The van der Waals surface area contributed by atoms with Crippen LogP contribution in [0.1, 0.15) is 30.1 Å². The van der Waals surface area contributed by atoms with Crippen molar-refractivity contribution in [2.45, 2.75) is 19.8 Å². The molecule has 2 aromatic carbocycles. The van der Waals surface area contributed by atoms with E-state index in [-0.39, 0.29) is 31.4 Å². The summed E-state index contributed by atoms with van der Waals surface area (Å²) in [5.74, 6) is -0.239. The molecule has 1 N–H and O–H groups in total. The average Bonchev–Trinajstić information content (AvgIpc) is 2.71. The Kier molecular flexibility index (Phi) is 6.26. The molecular formula is C21H22N2O5. The Morgan fingerprint density at radius 2 is 2.00 bits per heavy atom. The largest absolute Gasteiger partial charge is 0.482 e. The number of nitrogens with zero attached hydrogens (tertiary/aromatic N) is 1. The lowest BCUT2D eigenvalue weighted by Crippen LogP contribution is -2.40. The predicted molar refractivity (Wildman–Crippen MR) is 105 cm³/mol. The number of anilines is 2. The molecule has 2 amide bonds. The highest BCUT2D eigenvalue weighted by molar-refractivity contribution is 5.99. The molecule has 1 heterocycles. The summed E-state index contributed by atoms with van der Waals surface area (Å²) in [5.41, 5.74) is 1.54. The van der Waals surface area contributed by atoms with Gasteiger partial charge in [0.25, 0.3) is 5.91 Å². The van der Waals surface area contributed by atoms with Crippen molar-refractivity contribution >= 4 is 29.2 Å². The quantitative estimate of drug-likeness (QED) is 0.744. The van der Waals surface area contributed by atoms with E-state index in [0.29, 0.717) is 29.3 Å². The molecule has 2 aromatic rings. The SMILES string of the molecule is CCCOC(=O)c1cccc(NC(=O)CCN2C(=O)COc3ccccc32)c1. The van der Waals surface area contributed by atoms with Crippen LogP contribution in [0.15, 0.2) is 48.5 Å². The molecule has 0 bridgehead atoms. The van der Waals surface area contributed by atoms with Crippen molar-refractivity contribution in [3.63, 3.8) is 0 Å². The van der Waals surface area contributed by atoms with Crippen molar-refractivity contribution < 1.29 is 23.9 Å². The van der Waals surface area contributed by atoms with Gasteiger partial charge >= 0.3 is 5.97 Å². The minimum absolute atomic E-state index is 0.0411. The maximum absolute atomic E-state index is 12.3. The van der Waals surface area contributed by atoms with Crippen LogP contribution < -0.4 is 15.0 Å². The molecule has 3 rings (SSSR count). The molecule has 0 fully saturated rings. The number of esters is 1. The van der Waals surface area contributed by atoms with E-state index in [4.69, 9.17) is 9.47 Å². The molecule has 7 heteroatoms. The normalized spacial score (nSPS) is 12.8. The van der Waals surface area contributed by atoms with Gasteiger partial charge in [-0.2, -0.15) is 0 Å². The minimum Gasteiger partial charge on any atom is -0.482 e. The summed E-state index contributed by atoms with van der Waals surface area (Å²) < 4.78 is 10.5. The van der Waals surface area contributed by atoms with Gasteiger partial charge in [-0.15, -0.1) is 0 Å². The van der Waals surface area contributed by atoms with Gasteiger partial charge in [0, 0.05) is 18.7 Å². The van der Waals surface area contributed by atoms with E-state index in [2.05, 4.69) is 5.32 Å². The van der Waals surface area contributed by atoms with E-state index < -0.39 is 5.97 Å². The fourth-order valence-corrected chi connectivity index (χ4v) is 2.84. The Hall–Kier alpha value is -3.35. The molecule has 0 radical (unpaired) electrons. The van der Waals surface area contributed by atoms with Gasteiger partial charge in [0.2, 0.25) is 5.91 Å². The zero-order chi connectivity index (χ0) is 19.9. The Morgan fingerprint density at radius 3 is 2.82 bits per heavy atom. The topological polar surface area (TPSA) is 84.9 Å². The molecule has 0 unspecified atom stereocenters. The van der Waals surface area contributed by atoms with Gasteiger partial charge in [0.1, 0.15) is 5.75 Å². The zero-order valence-electron chi connectivity index (χ0n) is 15.6. The standard InChI is InChI=1S/C21H22N2O5/c1-2-12-27-21(26)15-6-5-7-16(13-15)22-19(24)10-11-23-17-8-3-4-9-18(17)28-14-20(23)25/h3-9,13H,2,10-12,14H2,1H3,(H,22,24). The number of amides is 2. The number of carbonyl (C=O) groups is 3.